The molecule has 3 N–H and O–H groups in total. The van der Waals surface area contributed by atoms with Crippen molar-refractivity contribution in [3.63, 3.8) is 0 Å². The normalized spacial score (nSPS) is 10.4. The molecule has 0 fully saturated rings. The van der Waals surface area contributed by atoms with Crippen LogP contribution >= 0.6 is 39.3 Å². The number of carbonyl (C=O) groups excluding carboxylic acids is 1. The predicted molar refractivity (Wildman–Crippen MR) is 89.3 cm³/mol. The zero-order valence-corrected chi connectivity index (χ0v) is 13.9. The average molecular weight is 390 g/mol. The third-order valence-electron chi connectivity index (χ3n) is 2.54. The minimum atomic E-state index is -0.567. The number of amides is 1. The molecule has 0 unspecified atom stereocenters. The standard InChI is InChI=1S/C14H11BrClFN2OS/c15-8-1-3-11(18)13(5-8)21-7-14(20)19-12-4-2-9(16)6-10(12)17/h1-6H,7,18H2,(H,19,20). The molecule has 0 aromatic heterocycles. The number of benzene rings is 2. The molecule has 0 saturated heterocycles. The number of nitrogens with one attached hydrogen (secondary N) is 1. The van der Waals surface area contributed by atoms with Gasteiger partial charge in [-0.3, -0.25) is 4.79 Å². The van der Waals surface area contributed by atoms with Gasteiger partial charge in [-0.2, -0.15) is 0 Å². The molecule has 0 atom stereocenters. The van der Waals surface area contributed by atoms with E-state index in [0.29, 0.717) is 5.69 Å². The lowest BCUT2D eigenvalue weighted by molar-refractivity contribution is -0.113. The number of rotatable bonds is 4. The fraction of sp³-hybridized carbons (Fsp3) is 0.0714. The molecular formula is C14H11BrClFN2OS. The summed E-state index contributed by atoms with van der Waals surface area (Å²) in [6.07, 6.45) is 0. The number of nitrogens with two attached hydrogens (primary N) is 1. The second-order valence-electron chi connectivity index (χ2n) is 4.14. The second-order valence-corrected chi connectivity index (χ2v) is 6.51. The zero-order chi connectivity index (χ0) is 15.4. The van der Waals surface area contributed by atoms with E-state index in [4.69, 9.17) is 17.3 Å². The molecule has 0 aliphatic heterocycles. The summed E-state index contributed by atoms with van der Waals surface area (Å²) in [4.78, 5) is 12.6. The Hall–Kier alpha value is -1.24. The highest BCUT2D eigenvalue weighted by Gasteiger charge is 2.09. The number of thioether (sulfide) groups is 1. The van der Waals surface area contributed by atoms with Crippen molar-refractivity contribution in [1.29, 1.82) is 0 Å². The molecule has 2 aromatic rings. The van der Waals surface area contributed by atoms with Gasteiger partial charge in [0.05, 0.1) is 11.4 Å². The van der Waals surface area contributed by atoms with Crippen molar-refractivity contribution in [2.24, 2.45) is 0 Å². The van der Waals surface area contributed by atoms with E-state index in [0.717, 1.165) is 15.4 Å². The molecule has 0 heterocycles. The molecule has 3 nitrogen and oxygen atoms in total. The molecule has 0 spiro atoms. The minimum Gasteiger partial charge on any atom is -0.398 e. The first-order valence-corrected chi connectivity index (χ1v) is 8.04. The third kappa shape index (κ3) is 4.62. The molecule has 0 aliphatic carbocycles. The Bertz CT molecular complexity index is 684. The van der Waals surface area contributed by atoms with E-state index in [-0.39, 0.29) is 22.4 Å². The monoisotopic (exact) mass is 388 g/mol. The quantitative estimate of drug-likeness (QED) is 0.595. The Kier molecular flexibility index (Phi) is 5.50. The first kappa shape index (κ1) is 16.1. The van der Waals surface area contributed by atoms with Gasteiger partial charge in [0.1, 0.15) is 5.82 Å². The number of anilines is 2. The van der Waals surface area contributed by atoms with Gasteiger partial charge in [0.25, 0.3) is 0 Å². The summed E-state index contributed by atoms with van der Waals surface area (Å²) in [5.41, 5.74) is 6.52. The predicted octanol–water partition coefficient (Wildman–Crippen LogP) is 4.55. The summed E-state index contributed by atoms with van der Waals surface area (Å²) in [5.74, 6) is -0.758. The number of nitrogen functional groups attached to an aromatic ring is 1. The number of halogens is 3. The van der Waals surface area contributed by atoms with Crippen molar-refractivity contribution in [2.75, 3.05) is 16.8 Å². The Balaban J connectivity index is 1.97. The van der Waals surface area contributed by atoms with Crippen molar-refractivity contribution in [1.82, 2.24) is 0 Å². The fourth-order valence-electron chi connectivity index (χ4n) is 1.55. The van der Waals surface area contributed by atoms with Gasteiger partial charge >= 0.3 is 0 Å². The van der Waals surface area contributed by atoms with Gasteiger partial charge in [-0.15, -0.1) is 11.8 Å². The summed E-state index contributed by atoms with van der Waals surface area (Å²) >= 11 is 10.3. The van der Waals surface area contributed by atoms with Crippen LogP contribution in [0.4, 0.5) is 15.8 Å². The van der Waals surface area contributed by atoms with Gasteiger partial charge in [-0.1, -0.05) is 27.5 Å². The van der Waals surface area contributed by atoms with Gasteiger partial charge in [0.2, 0.25) is 5.91 Å². The van der Waals surface area contributed by atoms with Crippen LogP contribution in [-0.4, -0.2) is 11.7 Å². The average Bonchev–Trinajstić information content (AvgIpc) is 2.43. The Morgan fingerprint density at radius 2 is 2.10 bits per heavy atom. The van der Waals surface area contributed by atoms with E-state index in [1.54, 1.807) is 6.07 Å². The van der Waals surface area contributed by atoms with Crippen LogP contribution < -0.4 is 11.1 Å². The van der Waals surface area contributed by atoms with Crippen LogP contribution in [-0.2, 0) is 4.79 Å². The van der Waals surface area contributed by atoms with Crippen LogP contribution in [0.2, 0.25) is 5.02 Å². The van der Waals surface area contributed by atoms with E-state index < -0.39 is 5.82 Å². The Labute approximate surface area is 139 Å². The van der Waals surface area contributed by atoms with Crippen molar-refractivity contribution in [3.05, 3.63) is 51.7 Å². The van der Waals surface area contributed by atoms with Gasteiger partial charge in [0.15, 0.2) is 0 Å². The fourth-order valence-corrected chi connectivity index (χ4v) is 3.03. The van der Waals surface area contributed by atoms with Gasteiger partial charge in [0, 0.05) is 20.1 Å². The lowest BCUT2D eigenvalue weighted by Gasteiger charge is -2.08. The first-order chi connectivity index (χ1) is 9.95. The van der Waals surface area contributed by atoms with Crippen molar-refractivity contribution < 1.29 is 9.18 Å². The third-order valence-corrected chi connectivity index (χ3v) is 4.34. The molecule has 2 aromatic carbocycles. The maximum atomic E-state index is 13.6. The lowest BCUT2D eigenvalue weighted by atomic mass is 10.3. The van der Waals surface area contributed by atoms with Crippen LogP contribution in [0.25, 0.3) is 0 Å². The summed E-state index contributed by atoms with van der Waals surface area (Å²) < 4.78 is 14.4. The van der Waals surface area contributed by atoms with E-state index in [9.17, 15) is 9.18 Å². The minimum absolute atomic E-state index is 0.104. The number of hydrogen-bond acceptors (Lipinski definition) is 3. The van der Waals surface area contributed by atoms with Crippen LogP contribution in [0, 0.1) is 5.82 Å². The topological polar surface area (TPSA) is 55.1 Å². The molecule has 0 saturated carbocycles. The lowest BCUT2D eigenvalue weighted by Crippen LogP contribution is -2.15. The molecule has 0 aliphatic rings. The summed E-state index contributed by atoms with van der Waals surface area (Å²) in [6.45, 7) is 0. The largest absolute Gasteiger partial charge is 0.398 e. The molecule has 2 rings (SSSR count). The smallest absolute Gasteiger partial charge is 0.234 e. The molecule has 7 heteroatoms. The van der Waals surface area contributed by atoms with E-state index >= 15 is 0 Å². The number of hydrogen-bond donors (Lipinski definition) is 2. The van der Waals surface area contributed by atoms with Crippen molar-refractivity contribution in [3.8, 4) is 0 Å². The molecular weight excluding hydrogens is 379 g/mol. The molecule has 21 heavy (non-hydrogen) atoms. The highest BCUT2D eigenvalue weighted by atomic mass is 79.9. The molecule has 110 valence electrons. The highest BCUT2D eigenvalue weighted by molar-refractivity contribution is 9.10. The second kappa shape index (κ2) is 7.15. The first-order valence-electron chi connectivity index (χ1n) is 5.88. The van der Waals surface area contributed by atoms with Crippen molar-refractivity contribution >= 4 is 56.6 Å². The van der Waals surface area contributed by atoms with Crippen LogP contribution in [0.15, 0.2) is 45.8 Å². The molecule has 1 amide bonds. The van der Waals surface area contributed by atoms with Gasteiger partial charge in [-0.25, -0.2) is 4.39 Å². The SMILES string of the molecule is Nc1ccc(Br)cc1SCC(=O)Nc1ccc(Cl)cc1F. The zero-order valence-electron chi connectivity index (χ0n) is 10.7. The maximum Gasteiger partial charge on any atom is 0.234 e. The summed E-state index contributed by atoms with van der Waals surface area (Å²) in [6, 6.07) is 9.49. The summed E-state index contributed by atoms with van der Waals surface area (Å²) in [5, 5.41) is 2.78. The van der Waals surface area contributed by atoms with Crippen LogP contribution in [0.1, 0.15) is 0 Å². The Morgan fingerprint density at radius 1 is 1.33 bits per heavy atom. The number of carbonyl (C=O) groups is 1. The van der Waals surface area contributed by atoms with E-state index in [2.05, 4.69) is 21.2 Å². The highest BCUT2D eigenvalue weighted by Crippen LogP contribution is 2.28. The maximum absolute atomic E-state index is 13.6. The van der Waals surface area contributed by atoms with E-state index in [1.165, 1.54) is 23.9 Å². The van der Waals surface area contributed by atoms with Gasteiger partial charge < -0.3 is 11.1 Å². The summed E-state index contributed by atoms with van der Waals surface area (Å²) in [7, 11) is 0. The van der Waals surface area contributed by atoms with Crippen LogP contribution in [0.5, 0.6) is 0 Å². The molecule has 0 radical (unpaired) electrons. The Morgan fingerprint density at radius 3 is 2.81 bits per heavy atom. The van der Waals surface area contributed by atoms with Crippen LogP contribution in [0.3, 0.4) is 0 Å². The van der Waals surface area contributed by atoms with Crippen molar-refractivity contribution in [2.45, 2.75) is 4.90 Å². The van der Waals surface area contributed by atoms with E-state index in [1.807, 2.05) is 12.1 Å². The molecule has 0 bridgehead atoms. The van der Waals surface area contributed by atoms with Gasteiger partial charge in [-0.05, 0) is 36.4 Å².